The van der Waals surface area contributed by atoms with E-state index in [0.29, 0.717) is 55.0 Å². The number of nitrogens with one attached hydrogen (secondary N) is 2. The van der Waals surface area contributed by atoms with Crippen LogP contribution in [0.5, 0.6) is 11.5 Å². The molecule has 0 bridgehead atoms. The van der Waals surface area contributed by atoms with Crippen LogP contribution in [0.25, 0.3) is 0 Å². The number of methoxy groups -OCH3 is 2. The summed E-state index contributed by atoms with van der Waals surface area (Å²) in [7, 11) is 3.23. The number of aliphatic hydroxyl groups excluding tert-OH is 2. The Bertz CT molecular complexity index is 1390. The molecule has 2 unspecified atom stereocenters. The van der Waals surface area contributed by atoms with E-state index in [4.69, 9.17) is 9.47 Å². The molecule has 2 aliphatic rings. The summed E-state index contributed by atoms with van der Waals surface area (Å²) in [6, 6.07) is 14.9. The fraction of sp³-hybridized carbons (Fsp3) is 0.543. The minimum absolute atomic E-state index is 0.0496. The van der Waals surface area contributed by atoms with Gasteiger partial charge in [-0.05, 0) is 48.4 Å². The zero-order valence-corrected chi connectivity index (χ0v) is 26.0. The molecule has 3 aromatic carbocycles. The lowest BCUT2D eigenvalue weighted by Crippen LogP contribution is -2.50. The number of hydrogen-bond acceptors (Lipinski definition) is 9. The van der Waals surface area contributed by atoms with Gasteiger partial charge >= 0.3 is 0 Å². The quantitative estimate of drug-likeness (QED) is 0.201. The van der Waals surface area contributed by atoms with Crippen molar-refractivity contribution in [3.63, 3.8) is 0 Å². The van der Waals surface area contributed by atoms with Crippen molar-refractivity contribution < 1.29 is 19.7 Å². The van der Waals surface area contributed by atoms with E-state index in [-0.39, 0.29) is 12.0 Å². The summed E-state index contributed by atoms with van der Waals surface area (Å²) in [5, 5.41) is 29.2. The minimum Gasteiger partial charge on any atom is -0.497 e. The topological polar surface area (TPSA) is 120 Å². The number of hydrogen-bond donors (Lipinski definition) is 4. The summed E-state index contributed by atoms with van der Waals surface area (Å²) in [5.74, 6) is 1.80. The Kier molecular flexibility index (Phi) is 11.0. The molecule has 1 saturated carbocycles. The zero-order chi connectivity index (χ0) is 31.1. The highest BCUT2D eigenvalue weighted by Crippen LogP contribution is 2.34. The van der Waals surface area contributed by atoms with Gasteiger partial charge in [0.15, 0.2) is 0 Å². The van der Waals surface area contributed by atoms with Crippen LogP contribution in [0.3, 0.4) is 0 Å². The van der Waals surface area contributed by atoms with Gasteiger partial charge < -0.3 is 35.2 Å². The van der Waals surface area contributed by atoms with Crippen LogP contribution in [0.2, 0.25) is 0 Å². The van der Waals surface area contributed by atoms with Crippen molar-refractivity contribution in [2.75, 3.05) is 44.1 Å². The fourth-order valence-electron chi connectivity index (χ4n) is 6.96. The van der Waals surface area contributed by atoms with E-state index in [0.717, 1.165) is 43.2 Å². The highest BCUT2D eigenvalue weighted by Gasteiger charge is 2.35. The molecule has 5 rings (SSSR count). The van der Waals surface area contributed by atoms with Crippen LogP contribution >= 0.6 is 0 Å². The van der Waals surface area contributed by atoms with Gasteiger partial charge in [0.1, 0.15) is 22.9 Å². The maximum absolute atomic E-state index is 13.0. The summed E-state index contributed by atoms with van der Waals surface area (Å²) >= 11 is 0. The van der Waals surface area contributed by atoms with Gasteiger partial charge in [-0.25, -0.2) is 0 Å². The van der Waals surface area contributed by atoms with Gasteiger partial charge in [-0.1, -0.05) is 62.4 Å². The van der Waals surface area contributed by atoms with Gasteiger partial charge in [0.05, 0.1) is 32.5 Å². The molecule has 0 amide bonds. The summed E-state index contributed by atoms with van der Waals surface area (Å²) in [5.41, 5.74) is 1.52. The first-order valence-electron chi connectivity index (χ1n) is 16.1. The van der Waals surface area contributed by atoms with Crippen molar-refractivity contribution in [2.24, 2.45) is 11.8 Å². The van der Waals surface area contributed by atoms with E-state index < -0.39 is 23.1 Å². The molecule has 9 nitrogen and oxygen atoms in total. The number of ether oxygens (including phenoxy) is 2. The molecule has 238 valence electrons. The number of anilines is 2. The molecular weight excluding hydrogens is 558 g/mol. The Balaban J connectivity index is 1.28. The van der Waals surface area contributed by atoms with E-state index in [1.54, 1.807) is 14.2 Å². The van der Waals surface area contributed by atoms with Gasteiger partial charge in [0.25, 0.3) is 10.9 Å². The Labute approximate surface area is 259 Å². The largest absolute Gasteiger partial charge is 0.497 e. The molecule has 1 saturated heterocycles. The lowest BCUT2D eigenvalue weighted by molar-refractivity contribution is 0.0981. The predicted octanol–water partition coefficient (Wildman–Crippen LogP) is 4.15. The predicted molar refractivity (Wildman–Crippen MR) is 174 cm³/mol. The van der Waals surface area contributed by atoms with Crippen molar-refractivity contribution in [1.82, 2.24) is 5.32 Å². The molecule has 0 radical (unpaired) electrons. The summed E-state index contributed by atoms with van der Waals surface area (Å²) in [4.78, 5) is 27.9. The standard InChI is InChI=1S/C35H47N3O6/c1-43-27-16-24(17-28(19-27)44-2)20-36-21-30(39)29(18-23-10-5-3-6-11-23)37-31-32(35(42)34(31)41)38-15-9-14-26(22-38)33(40)25-12-7-4-8-13-25/h4,7-8,12-13,16-17,19,23,26,29-30,33,36-37,39-40H,3,5-6,9-11,14-15,18,20-22H2,1-2H3/t26?,29-,30+,33?/m0/s1. The van der Waals surface area contributed by atoms with Crippen LogP contribution in [-0.2, 0) is 6.54 Å². The van der Waals surface area contributed by atoms with E-state index >= 15 is 0 Å². The first kappa shape index (κ1) is 32.0. The van der Waals surface area contributed by atoms with Crippen LogP contribution in [-0.4, -0.2) is 56.2 Å². The molecule has 44 heavy (non-hydrogen) atoms. The summed E-state index contributed by atoms with van der Waals surface area (Å²) in [6.07, 6.45) is 6.76. The zero-order valence-electron chi connectivity index (χ0n) is 26.0. The number of aliphatic hydroxyl groups is 2. The van der Waals surface area contributed by atoms with E-state index in [1.807, 2.05) is 53.4 Å². The Hall–Kier alpha value is -3.40. The summed E-state index contributed by atoms with van der Waals surface area (Å²) < 4.78 is 10.8. The molecule has 4 atom stereocenters. The SMILES string of the molecule is COc1cc(CNC[C@@H](O)[C@H](CC2CCCCC2)Nc2c(N3CCCC(C(O)c4ccccc4)C3)c(=O)c2=O)cc(OC)c1. The fourth-order valence-corrected chi connectivity index (χ4v) is 6.96. The lowest BCUT2D eigenvalue weighted by atomic mass is 9.83. The second kappa shape index (κ2) is 15.1. The average Bonchev–Trinajstić information content (AvgIpc) is 3.07. The van der Waals surface area contributed by atoms with Gasteiger partial charge in [-0.15, -0.1) is 0 Å². The molecule has 0 spiro atoms. The van der Waals surface area contributed by atoms with Gasteiger partial charge in [0, 0.05) is 38.2 Å². The maximum atomic E-state index is 13.0. The highest BCUT2D eigenvalue weighted by molar-refractivity contribution is 5.75. The van der Waals surface area contributed by atoms with Crippen molar-refractivity contribution in [3.05, 3.63) is 80.1 Å². The van der Waals surface area contributed by atoms with Gasteiger partial charge in [-0.2, -0.15) is 0 Å². The number of nitrogens with zero attached hydrogens (tertiary/aromatic N) is 1. The monoisotopic (exact) mass is 605 g/mol. The highest BCUT2D eigenvalue weighted by atomic mass is 16.5. The van der Waals surface area contributed by atoms with Crippen molar-refractivity contribution in [3.8, 4) is 11.5 Å². The van der Waals surface area contributed by atoms with Crippen LogP contribution < -0.4 is 35.9 Å². The third-order valence-corrected chi connectivity index (χ3v) is 9.45. The third-order valence-electron chi connectivity index (χ3n) is 9.45. The molecule has 3 aromatic rings. The first-order valence-corrected chi connectivity index (χ1v) is 16.1. The van der Waals surface area contributed by atoms with Gasteiger partial charge in [-0.3, -0.25) is 9.59 Å². The molecule has 1 aliphatic carbocycles. The average molecular weight is 606 g/mol. The van der Waals surface area contributed by atoms with Crippen molar-refractivity contribution in [1.29, 1.82) is 0 Å². The van der Waals surface area contributed by atoms with Crippen molar-refractivity contribution in [2.45, 2.75) is 76.2 Å². The second-order valence-electron chi connectivity index (χ2n) is 12.5. The van der Waals surface area contributed by atoms with E-state index in [9.17, 15) is 19.8 Å². The molecule has 0 aromatic heterocycles. The van der Waals surface area contributed by atoms with Crippen LogP contribution in [0.4, 0.5) is 11.4 Å². The molecule has 1 aliphatic heterocycles. The first-order chi connectivity index (χ1) is 21.4. The molecule has 2 fully saturated rings. The van der Waals surface area contributed by atoms with E-state index in [2.05, 4.69) is 10.6 Å². The third kappa shape index (κ3) is 7.62. The second-order valence-corrected chi connectivity index (χ2v) is 12.5. The molecule has 1 heterocycles. The normalized spacial score (nSPS) is 19.8. The smallest absolute Gasteiger partial charge is 0.253 e. The molecule has 9 heteroatoms. The Morgan fingerprint density at radius 1 is 0.909 bits per heavy atom. The number of benzene rings is 2. The van der Waals surface area contributed by atoms with Crippen LogP contribution in [0.1, 0.15) is 68.6 Å². The van der Waals surface area contributed by atoms with Crippen LogP contribution in [0, 0.1) is 11.8 Å². The number of rotatable bonds is 14. The van der Waals surface area contributed by atoms with E-state index in [1.165, 1.54) is 19.3 Å². The van der Waals surface area contributed by atoms with Gasteiger partial charge in [0.2, 0.25) is 0 Å². The Morgan fingerprint density at radius 3 is 2.30 bits per heavy atom. The molecular formula is C35H47N3O6. The Morgan fingerprint density at radius 2 is 1.61 bits per heavy atom. The number of piperidine rings is 1. The van der Waals surface area contributed by atoms with Crippen molar-refractivity contribution >= 4 is 11.4 Å². The lowest BCUT2D eigenvalue weighted by Gasteiger charge is -2.38. The maximum Gasteiger partial charge on any atom is 0.253 e. The summed E-state index contributed by atoms with van der Waals surface area (Å²) in [6.45, 7) is 1.96. The minimum atomic E-state index is -0.782. The van der Waals surface area contributed by atoms with Crippen LogP contribution in [0.15, 0.2) is 58.1 Å². The molecule has 4 N–H and O–H groups in total.